The molecule has 12 nitrogen and oxygen atoms in total. The first kappa shape index (κ1) is 29.3. The maximum atomic E-state index is 13.1. The summed E-state index contributed by atoms with van der Waals surface area (Å²) >= 11 is 0. The third-order valence-corrected chi connectivity index (χ3v) is 4.99. The van der Waals surface area contributed by atoms with E-state index in [1.165, 1.54) is 20.2 Å². The second-order valence-corrected chi connectivity index (χ2v) is 9.39. The summed E-state index contributed by atoms with van der Waals surface area (Å²) in [4.78, 5) is 64.8. The number of carbonyl (C=O) groups excluding carboxylic acids is 3. The fourth-order valence-electron chi connectivity index (χ4n) is 3.23. The average molecular weight is 519 g/mol. The van der Waals surface area contributed by atoms with Crippen LogP contribution in [0.1, 0.15) is 31.9 Å². The Hall–Kier alpha value is -3.93. The van der Waals surface area contributed by atoms with Gasteiger partial charge in [0, 0.05) is 18.3 Å². The lowest BCUT2D eigenvalue weighted by Gasteiger charge is -2.29. The molecule has 0 saturated heterocycles. The summed E-state index contributed by atoms with van der Waals surface area (Å²) in [6.07, 6.45) is 0.535. The van der Waals surface area contributed by atoms with Gasteiger partial charge in [0.05, 0.1) is 26.4 Å². The van der Waals surface area contributed by atoms with E-state index in [2.05, 4.69) is 10.3 Å². The van der Waals surface area contributed by atoms with Gasteiger partial charge in [0.2, 0.25) is 5.91 Å². The standard InChI is InChI=1S/C25H34N4O8/c1-17-11-29(23(33)27-22(17)32)13-20(30)28(14-21(31)35-5)12-19(26-24(34)37-25(2,3)4)16-36-15-18-9-7-6-8-10-18/h6-11,19H,12-16H2,1-5H3,(H,26,34)(H,27,32,33)/t19-/m0/s1. The second kappa shape index (κ2) is 13.4. The SMILES string of the molecule is COC(=O)CN(C[C@@H](COCc1ccccc1)NC(=O)OC(C)(C)C)C(=O)Cn1cc(C)c(=O)[nH]c1=O. The highest BCUT2D eigenvalue weighted by atomic mass is 16.6. The van der Waals surface area contributed by atoms with Crippen LogP contribution in [0.2, 0.25) is 0 Å². The van der Waals surface area contributed by atoms with Gasteiger partial charge in [0.25, 0.3) is 5.56 Å². The molecular formula is C25H34N4O8. The lowest BCUT2D eigenvalue weighted by molar-refractivity contribution is -0.147. The molecule has 0 aliphatic heterocycles. The van der Waals surface area contributed by atoms with Gasteiger partial charge in [-0.05, 0) is 33.3 Å². The molecule has 0 unspecified atom stereocenters. The van der Waals surface area contributed by atoms with Gasteiger partial charge in [0.15, 0.2) is 0 Å². The maximum Gasteiger partial charge on any atom is 0.408 e. The molecule has 0 aliphatic carbocycles. The molecule has 0 radical (unpaired) electrons. The molecule has 1 atom stereocenters. The van der Waals surface area contributed by atoms with Crippen LogP contribution >= 0.6 is 0 Å². The van der Waals surface area contributed by atoms with E-state index in [-0.39, 0.29) is 25.3 Å². The number of nitrogens with one attached hydrogen (secondary N) is 2. The van der Waals surface area contributed by atoms with Crippen LogP contribution in [0.5, 0.6) is 0 Å². The van der Waals surface area contributed by atoms with E-state index >= 15 is 0 Å². The van der Waals surface area contributed by atoms with Crippen LogP contribution in [-0.4, -0.2) is 70.9 Å². The number of rotatable bonds is 11. The summed E-state index contributed by atoms with van der Waals surface area (Å²) in [6, 6.07) is 8.61. The predicted molar refractivity (Wildman–Crippen MR) is 134 cm³/mol. The van der Waals surface area contributed by atoms with Gasteiger partial charge in [-0.2, -0.15) is 0 Å². The average Bonchev–Trinajstić information content (AvgIpc) is 2.81. The van der Waals surface area contributed by atoms with Crippen LogP contribution in [-0.2, 0) is 37.0 Å². The molecule has 1 aromatic carbocycles. The number of hydrogen-bond acceptors (Lipinski definition) is 8. The normalized spacial score (nSPS) is 11.9. The van der Waals surface area contributed by atoms with Crippen LogP contribution in [0.15, 0.2) is 46.1 Å². The Morgan fingerprint density at radius 2 is 1.81 bits per heavy atom. The lowest BCUT2D eigenvalue weighted by Crippen LogP contribution is -2.51. The Kier molecular flexibility index (Phi) is 10.6. The summed E-state index contributed by atoms with van der Waals surface area (Å²) < 4.78 is 16.9. The van der Waals surface area contributed by atoms with Gasteiger partial charge in [-0.3, -0.25) is 23.9 Å². The van der Waals surface area contributed by atoms with E-state index in [0.717, 1.165) is 15.0 Å². The monoisotopic (exact) mass is 518 g/mol. The zero-order chi connectivity index (χ0) is 27.6. The Labute approximate surface area is 214 Å². The molecule has 0 fully saturated rings. The number of aryl methyl sites for hydroxylation is 1. The number of methoxy groups -OCH3 is 1. The first-order valence-electron chi connectivity index (χ1n) is 11.6. The lowest BCUT2D eigenvalue weighted by atomic mass is 10.2. The number of carbonyl (C=O) groups is 3. The minimum atomic E-state index is -0.767. The van der Waals surface area contributed by atoms with Gasteiger partial charge in [-0.25, -0.2) is 9.59 Å². The van der Waals surface area contributed by atoms with E-state index in [1.54, 1.807) is 20.8 Å². The molecule has 2 rings (SSSR count). The van der Waals surface area contributed by atoms with E-state index in [9.17, 15) is 24.0 Å². The minimum absolute atomic E-state index is 0.00317. The van der Waals surface area contributed by atoms with Gasteiger partial charge in [0.1, 0.15) is 18.7 Å². The van der Waals surface area contributed by atoms with E-state index in [1.807, 2.05) is 30.3 Å². The Bertz CT molecular complexity index is 1180. The third-order valence-electron chi connectivity index (χ3n) is 4.99. The van der Waals surface area contributed by atoms with E-state index in [0.29, 0.717) is 0 Å². The van der Waals surface area contributed by atoms with E-state index < -0.39 is 54.0 Å². The molecule has 0 saturated carbocycles. The third kappa shape index (κ3) is 10.3. The predicted octanol–water partition coefficient (Wildman–Crippen LogP) is 0.957. The highest BCUT2D eigenvalue weighted by molar-refractivity contribution is 5.82. The van der Waals surface area contributed by atoms with Gasteiger partial charge < -0.3 is 24.4 Å². The topological polar surface area (TPSA) is 149 Å². The molecule has 0 aliphatic rings. The molecule has 0 spiro atoms. The molecule has 12 heteroatoms. The van der Waals surface area contributed by atoms with Crippen LogP contribution < -0.4 is 16.6 Å². The first-order valence-corrected chi connectivity index (χ1v) is 11.6. The molecule has 2 aromatic rings. The second-order valence-electron chi connectivity index (χ2n) is 9.39. The summed E-state index contributed by atoms with van der Waals surface area (Å²) in [5.74, 6) is -1.31. The van der Waals surface area contributed by atoms with Crippen molar-refractivity contribution < 1.29 is 28.6 Å². The summed E-state index contributed by atoms with van der Waals surface area (Å²) in [6.45, 7) is 5.87. The number of amides is 2. The zero-order valence-electron chi connectivity index (χ0n) is 21.7. The smallest absolute Gasteiger partial charge is 0.408 e. The molecule has 0 bridgehead atoms. The van der Waals surface area contributed by atoms with Crippen molar-refractivity contribution in [3.8, 4) is 0 Å². The van der Waals surface area contributed by atoms with Crippen molar-refractivity contribution in [2.75, 3.05) is 26.8 Å². The molecule has 2 N–H and O–H groups in total. The highest BCUT2D eigenvalue weighted by Crippen LogP contribution is 2.08. The Morgan fingerprint density at radius 3 is 2.43 bits per heavy atom. The quantitative estimate of drug-likeness (QED) is 0.418. The number of aromatic nitrogens is 2. The fourth-order valence-corrected chi connectivity index (χ4v) is 3.23. The number of ether oxygens (including phenoxy) is 3. The Morgan fingerprint density at radius 1 is 1.14 bits per heavy atom. The molecule has 1 aromatic heterocycles. The number of nitrogens with zero attached hydrogens (tertiary/aromatic N) is 2. The first-order chi connectivity index (χ1) is 17.4. The van der Waals surface area contributed by atoms with Crippen molar-refractivity contribution >= 4 is 18.0 Å². The van der Waals surface area contributed by atoms with Gasteiger partial charge in [-0.1, -0.05) is 30.3 Å². The van der Waals surface area contributed by atoms with Crippen LogP contribution in [0.3, 0.4) is 0 Å². The molecule has 202 valence electrons. The number of benzene rings is 1. The number of hydrogen-bond donors (Lipinski definition) is 2. The van der Waals surface area contributed by atoms with Crippen LogP contribution in [0.25, 0.3) is 0 Å². The summed E-state index contributed by atoms with van der Waals surface area (Å²) in [5.41, 5.74) is -0.932. The number of H-pyrrole nitrogens is 1. The minimum Gasteiger partial charge on any atom is -0.468 e. The number of esters is 1. The van der Waals surface area contributed by atoms with Crippen molar-refractivity contribution in [3.05, 3.63) is 68.5 Å². The fraction of sp³-hybridized carbons (Fsp3) is 0.480. The van der Waals surface area contributed by atoms with E-state index in [4.69, 9.17) is 14.2 Å². The van der Waals surface area contributed by atoms with Crippen molar-refractivity contribution in [3.63, 3.8) is 0 Å². The number of alkyl carbamates (subject to hydrolysis) is 1. The molecular weight excluding hydrogens is 484 g/mol. The number of aromatic amines is 1. The molecule has 37 heavy (non-hydrogen) atoms. The van der Waals surface area contributed by atoms with Crippen molar-refractivity contribution in [2.45, 2.75) is 52.5 Å². The molecule has 2 amide bonds. The molecule has 1 heterocycles. The van der Waals surface area contributed by atoms with Crippen molar-refractivity contribution in [1.82, 2.24) is 19.8 Å². The van der Waals surface area contributed by atoms with Gasteiger partial charge >= 0.3 is 17.8 Å². The summed E-state index contributed by atoms with van der Waals surface area (Å²) in [5, 5.41) is 2.68. The van der Waals surface area contributed by atoms with Gasteiger partial charge in [-0.15, -0.1) is 0 Å². The van der Waals surface area contributed by atoms with Crippen LogP contribution in [0, 0.1) is 6.92 Å². The maximum absolute atomic E-state index is 13.1. The van der Waals surface area contributed by atoms with Crippen molar-refractivity contribution in [2.24, 2.45) is 0 Å². The highest BCUT2D eigenvalue weighted by Gasteiger charge is 2.26. The van der Waals surface area contributed by atoms with Crippen LogP contribution in [0.4, 0.5) is 4.79 Å². The van der Waals surface area contributed by atoms with Crippen molar-refractivity contribution in [1.29, 1.82) is 0 Å². The zero-order valence-corrected chi connectivity index (χ0v) is 21.7. The summed E-state index contributed by atoms with van der Waals surface area (Å²) in [7, 11) is 1.18. The largest absolute Gasteiger partial charge is 0.468 e. The Balaban J connectivity index is 2.22.